The summed E-state index contributed by atoms with van der Waals surface area (Å²) in [4.78, 5) is 35.9. The van der Waals surface area contributed by atoms with Gasteiger partial charge in [0.15, 0.2) is 11.6 Å². The number of hydrogen-bond acceptors (Lipinski definition) is 11. The molecular formula is C33H31F3N8O3S. The second kappa shape index (κ2) is 13.0. The van der Waals surface area contributed by atoms with Gasteiger partial charge in [0.05, 0.1) is 29.5 Å². The molecule has 6 heterocycles. The fraction of sp³-hybridized carbons (Fsp3) is 0.394. The van der Waals surface area contributed by atoms with Crippen molar-refractivity contribution in [3.63, 3.8) is 0 Å². The van der Waals surface area contributed by atoms with Gasteiger partial charge in [-0.2, -0.15) is 15.2 Å². The first kappa shape index (κ1) is 31.8. The first-order chi connectivity index (χ1) is 23.2. The normalized spacial score (nSPS) is 23.0. The van der Waals surface area contributed by atoms with Gasteiger partial charge in [-0.3, -0.25) is 14.7 Å². The SMILES string of the molecule is N#CC[C@H]1CN(c2nc(OC[C@@]34CCCN3C[C@H](F)C4)nc3c(F)c(-c4cccc(O)c4)ncc23)CCN1C(=O)/C(F)=C/c1nccs1. The number of amides is 1. The largest absolute Gasteiger partial charge is 0.508 e. The van der Waals surface area contributed by atoms with Crippen LogP contribution in [-0.4, -0.2) is 97.8 Å². The van der Waals surface area contributed by atoms with Gasteiger partial charge in [-0.05, 0) is 31.5 Å². The molecule has 248 valence electrons. The minimum absolute atomic E-state index is 0.0362. The molecule has 3 fully saturated rings. The number of thiazole rings is 1. The summed E-state index contributed by atoms with van der Waals surface area (Å²) in [5, 5.41) is 21.9. The van der Waals surface area contributed by atoms with Gasteiger partial charge in [-0.15, -0.1) is 11.3 Å². The summed E-state index contributed by atoms with van der Waals surface area (Å²) in [6.45, 7) is 1.55. The molecule has 3 aliphatic rings. The van der Waals surface area contributed by atoms with E-state index in [9.17, 15) is 19.6 Å². The summed E-state index contributed by atoms with van der Waals surface area (Å²) in [5.74, 6) is -2.38. The number of benzene rings is 1. The van der Waals surface area contributed by atoms with Crippen molar-refractivity contribution in [2.75, 3.05) is 44.2 Å². The molecule has 3 atom stereocenters. The summed E-state index contributed by atoms with van der Waals surface area (Å²) in [6.07, 6.45) is 4.96. The summed E-state index contributed by atoms with van der Waals surface area (Å²) >= 11 is 1.19. The van der Waals surface area contributed by atoms with Crippen molar-refractivity contribution < 1.29 is 27.8 Å². The Labute approximate surface area is 277 Å². The van der Waals surface area contributed by atoms with E-state index < -0.39 is 35.3 Å². The number of aromatic hydroxyl groups is 1. The first-order valence-electron chi connectivity index (χ1n) is 15.6. The van der Waals surface area contributed by atoms with Crippen molar-refractivity contribution in [3.05, 3.63) is 58.7 Å². The average Bonchev–Trinajstić information content (AvgIpc) is 3.80. The van der Waals surface area contributed by atoms with Crippen molar-refractivity contribution in [3.8, 4) is 29.1 Å². The lowest BCUT2D eigenvalue weighted by atomic mass is 9.95. The maximum absolute atomic E-state index is 16.3. The number of pyridine rings is 1. The average molecular weight is 677 g/mol. The molecule has 3 aliphatic heterocycles. The Kier molecular flexibility index (Phi) is 8.61. The lowest BCUT2D eigenvalue weighted by molar-refractivity contribution is -0.131. The number of anilines is 1. The van der Waals surface area contributed by atoms with Crippen LogP contribution in [0.2, 0.25) is 0 Å². The number of nitriles is 1. The zero-order valence-electron chi connectivity index (χ0n) is 25.7. The maximum atomic E-state index is 16.3. The molecule has 1 aromatic carbocycles. The van der Waals surface area contributed by atoms with Crippen LogP contribution < -0.4 is 9.64 Å². The number of nitrogens with zero attached hydrogens (tertiary/aromatic N) is 8. The monoisotopic (exact) mass is 676 g/mol. The summed E-state index contributed by atoms with van der Waals surface area (Å²) < 4.78 is 52.0. The van der Waals surface area contributed by atoms with E-state index in [0.29, 0.717) is 23.5 Å². The van der Waals surface area contributed by atoms with Gasteiger partial charge in [0.1, 0.15) is 40.6 Å². The lowest BCUT2D eigenvalue weighted by Gasteiger charge is -2.41. The molecule has 1 N–H and O–H groups in total. The van der Waals surface area contributed by atoms with Crippen LogP contribution in [-0.2, 0) is 4.79 Å². The van der Waals surface area contributed by atoms with Gasteiger partial charge < -0.3 is 19.6 Å². The van der Waals surface area contributed by atoms with Crippen LogP contribution in [0, 0.1) is 17.1 Å². The number of piperazine rings is 1. The predicted octanol–water partition coefficient (Wildman–Crippen LogP) is 4.89. The van der Waals surface area contributed by atoms with E-state index in [0.717, 1.165) is 25.5 Å². The van der Waals surface area contributed by atoms with E-state index in [2.05, 4.69) is 30.9 Å². The zero-order chi connectivity index (χ0) is 33.4. The number of rotatable bonds is 8. The van der Waals surface area contributed by atoms with Gasteiger partial charge in [0.2, 0.25) is 0 Å². The predicted molar refractivity (Wildman–Crippen MR) is 172 cm³/mol. The van der Waals surface area contributed by atoms with Crippen molar-refractivity contribution >= 4 is 40.0 Å². The highest BCUT2D eigenvalue weighted by atomic mass is 32.1. The second-order valence-corrected chi connectivity index (χ2v) is 13.2. The minimum Gasteiger partial charge on any atom is -0.508 e. The van der Waals surface area contributed by atoms with Gasteiger partial charge >= 0.3 is 6.01 Å². The van der Waals surface area contributed by atoms with E-state index in [1.54, 1.807) is 22.4 Å². The number of phenolic OH excluding ortho intramolecular Hbond substituents is 1. The number of carbonyl (C=O) groups is 1. The van der Waals surface area contributed by atoms with Crippen molar-refractivity contribution in [2.45, 2.75) is 43.4 Å². The van der Waals surface area contributed by atoms with Crippen molar-refractivity contribution in [1.82, 2.24) is 29.7 Å². The third kappa shape index (κ3) is 6.01. The van der Waals surface area contributed by atoms with Crippen LogP contribution in [0.25, 0.3) is 28.2 Å². The Hall–Kier alpha value is -4.81. The molecule has 0 bridgehead atoms. The quantitative estimate of drug-likeness (QED) is 0.258. The Morgan fingerprint density at radius 3 is 2.90 bits per heavy atom. The fourth-order valence-electron chi connectivity index (χ4n) is 7.04. The zero-order valence-corrected chi connectivity index (χ0v) is 26.5. The summed E-state index contributed by atoms with van der Waals surface area (Å²) in [5.41, 5.74) is -0.273. The molecule has 11 nitrogen and oxygen atoms in total. The Balaban J connectivity index is 1.24. The van der Waals surface area contributed by atoms with Crippen LogP contribution >= 0.6 is 11.3 Å². The number of ether oxygens (including phenoxy) is 1. The number of aromatic nitrogens is 4. The smallest absolute Gasteiger partial charge is 0.319 e. The van der Waals surface area contributed by atoms with E-state index in [1.165, 1.54) is 40.8 Å². The number of fused-ring (bicyclic) bond motifs is 2. The molecule has 0 unspecified atom stereocenters. The highest BCUT2D eigenvalue weighted by molar-refractivity contribution is 7.10. The van der Waals surface area contributed by atoms with Crippen LogP contribution in [0.5, 0.6) is 11.8 Å². The van der Waals surface area contributed by atoms with Crippen LogP contribution in [0.1, 0.15) is 30.7 Å². The topological polar surface area (TPSA) is 132 Å². The number of alkyl halides is 1. The molecule has 1 amide bonds. The molecule has 0 aliphatic carbocycles. The molecule has 0 radical (unpaired) electrons. The van der Waals surface area contributed by atoms with Gasteiger partial charge in [-0.1, -0.05) is 12.1 Å². The van der Waals surface area contributed by atoms with E-state index in [4.69, 9.17) is 4.74 Å². The van der Waals surface area contributed by atoms with E-state index in [-0.39, 0.29) is 66.8 Å². The fourth-order valence-corrected chi connectivity index (χ4v) is 7.59. The summed E-state index contributed by atoms with van der Waals surface area (Å²) in [6, 6.07) is 7.31. The van der Waals surface area contributed by atoms with E-state index in [1.807, 2.05) is 0 Å². The molecule has 0 spiro atoms. The Bertz CT molecular complexity index is 1920. The lowest BCUT2D eigenvalue weighted by Crippen LogP contribution is -2.55. The maximum Gasteiger partial charge on any atom is 0.319 e. The molecule has 48 heavy (non-hydrogen) atoms. The van der Waals surface area contributed by atoms with Crippen LogP contribution in [0.15, 0.2) is 47.9 Å². The standard InChI is InChI=1S/C33H31F3N8O3S/c34-21-15-33(6-2-9-43(33)17-21)19-47-32-40-29-24(16-39-28(27(29)36)20-3-1-4-23(45)13-20)30(41-32)42-10-11-44(22(18-42)5-7-37)31(46)25(35)14-26-38-8-12-48-26/h1,3-4,8,12-14,16,21-22,45H,2,5-6,9-11,15,17-19H2/b25-14-/t21-,22+,33+/m1/s1. The van der Waals surface area contributed by atoms with Gasteiger partial charge in [0, 0.05) is 62.0 Å². The van der Waals surface area contributed by atoms with Crippen molar-refractivity contribution in [2.24, 2.45) is 0 Å². The van der Waals surface area contributed by atoms with Crippen molar-refractivity contribution in [1.29, 1.82) is 5.26 Å². The third-order valence-electron chi connectivity index (χ3n) is 9.27. The number of halogens is 3. The van der Waals surface area contributed by atoms with Crippen LogP contribution in [0.4, 0.5) is 19.0 Å². The third-order valence-corrected chi connectivity index (χ3v) is 9.99. The highest BCUT2D eigenvalue weighted by Gasteiger charge is 2.49. The molecular weight excluding hydrogens is 645 g/mol. The van der Waals surface area contributed by atoms with Crippen LogP contribution in [0.3, 0.4) is 0 Å². The molecule has 15 heteroatoms. The summed E-state index contributed by atoms with van der Waals surface area (Å²) in [7, 11) is 0. The van der Waals surface area contributed by atoms with Gasteiger partial charge in [-0.25, -0.2) is 18.2 Å². The van der Waals surface area contributed by atoms with E-state index >= 15 is 8.78 Å². The molecule has 7 rings (SSSR count). The Morgan fingerprint density at radius 1 is 1.23 bits per heavy atom. The number of phenols is 1. The number of carbonyl (C=O) groups excluding carboxylic acids is 1. The molecule has 4 aromatic rings. The molecule has 3 aromatic heterocycles. The second-order valence-electron chi connectivity index (χ2n) is 12.3. The first-order valence-corrected chi connectivity index (χ1v) is 16.5. The molecule has 0 saturated carbocycles. The Morgan fingerprint density at radius 2 is 2.10 bits per heavy atom. The highest BCUT2D eigenvalue weighted by Crippen LogP contribution is 2.41. The van der Waals surface area contributed by atoms with Gasteiger partial charge in [0.25, 0.3) is 5.91 Å². The number of hydrogen-bond donors (Lipinski definition) is 1. The molecule has 3 saturated heterocycles. The minimum atomic E-state index is -0.988.